The lowest BCUT2D eigenvalue weighted by molar-refractivity contribution is 0.0390. The van der Waals surface area contributed by atoms with Crippen molar-refractivity contribution >= 4 is 21.6 Å². The van der Waals surface area contributed by atoms with Gasteiger partial charge in [-0.15, -0.1) is 0 Å². The highest BCUT2D eigenvalue weighted by atomic mass is 79.9. The van der Waals surface area contributed by atoms with Crippen LogP contribution < -0.4 is 10.5 Å². The van der Waals surface area contributed by atoms with Crippen LogP contribution >= 0.6 is 15.9 Å². The Bertz CT molecular complexity index is 725. The van der Waals surface area contributed by atoms with Gasteiger partial charge in [0.25, 0.3) is 5.56 Å². The number of hydrogen-bond acceptors (Lipinski definition) is 4. The van der Waals surface area contributed by atoms with E-state index in [0.717, 1.165) is 44.6 Å². The van der Waals surface area contributed by atoms with Gasteiger partial charge in [-0.3, -0.25) is 4.79 Å². The zero-order chi connectivity index (χ0) is 16.9. The summed E-state index contributed by atoms with van der Waals surface area (Å²) in [6.45, 7) is 2.51. The van der Waals surface area contributed by atoms with Crippen molar-refractivity contribution in [3.8, 4) is 0 Å². The molecule has 0 atom stereocenters. The fourth-order valence-corrected chi connectivity index (χ4v) is 3.58. The SMILES string of the molecule is Cn1ncc(N2CCC(OCCc3ccccc3)CC2)c(Br)c1=O. The third-order valence-corrected chi connectivity index (χ3v) is 5.18. The van der Waals surface area contributed by atoms with E-state index < -0.39 is 0 Å². The van der Waals surface area contributed by atoms with Crippen molar-refractivity contribution < 1.29 is 4.74 Å². The van der Waals surface area contributed by atoms with Crippen LogP contribution in [0.3, 0.4) is 0 Å². The lowest BCUT2D eigenvalue weighted by atomic mass is 10.1. The molecule has 1 aliphatic heterocycles. The average molecular weight is 392 g/mol. The molecule has 0 radical (unpaired) electrons. The molecule has 0 unspecified atom stereocenters. The van der Waals surface area contributed by atoms with Gasteiger partial charge in [0, 0.05) is 20.1 Å². The zero-order valence-electron chi connectivity index (χ0n) is 13.8. The van der Waals surface area contributed by atoms with E-state index >= 15 is 0 Å². The topological polar surface area (TPSA) is 47.4 Å². The minimum atomic E-state index is -0.103. The van der Waals surface area contributed by atoms with E-state index in [0.29, 0.717) is 10.6 Å². The normalized spacial score (nSPS) is 15.7. The molecule has 2 heterocycles. The molecular formula is C18H22BrN3O2. The predicted octanol–water partition coefficient (Wildman–Crippen LogP) is 2.77. The monoisotopic (exact) mass is 391 g/mol. The first-order valence-corrected chi connectivity index (χ1v) is 9.06. The van der Waals surface area contributed by atoms with E-state index in [1.165, 1.54) is 10.2 Å². The summed E-state index contributed by atoms with van der Waals surface area (Å²) in [4.78, 5) is 14.2. The van der Waals surface area contributed by atoms with Crippen LogP contribution in [0.2, 0.25) is 0 Å². The van der Waals surface area contributed by atoms with Crippen molar-refractivity contribution in [2.75, 3.05) is 24.6 Å². The van der Waals surface area contributed by atoms with Crippen LogP contribution in [-0.2, 0) is 18.2 Å². The van der Waals surface area contributed by atoms with Gasteiger partial charge in [0.1, 0.15) is 4.47 Å². The fourth-order valence-electron chi connectivity index (χ4n) is 2.97. The number of halogens is 1. The summed E-state index contributed by atoms with van der Waals surface area (Å²) in [5, 5.41) is 4.12. The third-order valence-electron chi connectivity index (χ3n) is 4.43. The van der Waals surface area contributed by atoms with Crippen molar-refractivity contribution in [2.45, 2.75) is 25.4 Å². The van der Waals surface area contributed by atoms with Gasteiger partial charge in [-0.25, -0.2) is 4.68 Å². The van der Waals surface area contributed by atoms with Crippen LogP contribution in [0.4, 0.5) is 5.69 Å². The van der Waals surface area contributed by atoms with Gasteiger partial charge in [0.05, 0.1) is 24.6 Å². The molecule has 0 N–H and O–H groups in total. The van der Waals surface area contributed by atoms with E-state index in [2.05, 4.69) is 50.2 Å². The maximum Gasteiger partial charge on any atom is 0.282 e. The zero-order valence-corrected chi connectivity index (χ0v) is 15.4. The van der Waals surface area contributed by atoms with Crippen LogP contribution in [0.25, 0.3) is 0 Å². The van der Waals surface area contributed by atoms with E-state index in [1.807, 2.05) is 6.07 Å². The molecule has 5 nitrogen and oxygen atoms in total. The van der Waals surface area contributed by atoms with Gasteiger partial charge in [-0.1, -0.05) is 30.3 Å². The smallest absolute Gasteiger partial charge is 0.282 e. The van der Waals surface area contributed by atoms with E-state index in [9.17, 15) is 4.79 Å². The summed E-state index contributed by atoms with van der Waals surface area (Å²) < 4.78 is 7.95. The van der Waals surface area contributed by atoms with Crippen molar-refractivity contribution in [2.24, 2.45) is 7.05 Å². The predicted molar refractivity (Wildman–Crippen MR) is 98.5 cm³/mol. The lowest BCUT2D eigenvalue weighted by Crippen LogP contribution is -2.38. The highest BCUT2D eigenvalue weighted by Crippen LogP contribution is 2.25. The molecule has 0 aliphatic carbocycles. The summed E-state index contributed by atoms with van der Waals surface area (Å²) in [5.74, 6) is 0. The van der Waals surface area contributed by atoms with Crippen LogP contribution in [0.15, 0.2) is 45.8 Å². The molecular weight excluding hydrogens is 370 g/mol. The highest BCUT2D eigenvalue weighted by Gasteiger charge is 2.22. The molecule has 1 aromatic carbocycles. The van der Waals surface area contributed by atoms with E-state index in [4.69, 9.17) is 4.74 Å². The average Bonchev–Trinajstić information content (AvgIpc) is 2.62. The number of benzene rings is 1. The molecule has 0 amide bonds. The second kappa shape index (κ2) is 7.94. The summed E-state index contributed by atoms with van der Waals surface area (Å²) >= 11 is 3.40. The van der Waals surface area contributed by atoms with Crippen molar-refractivity contribution in [3.63, 3.8) is 0 Å². The Morgan fingerprint density at radius 2 is 1.96 bits per heavy atom. The molecule has 0 spiro atoms. The quantitative estimate of drug-likeness (QED) is 0.785. The van der Waals surface area contributed by atoms with E-state index in [1.54, 1.807) is 13.2 Å². The molecule has 3 rings (SSSR count). The number of ether oxygens (including phenoxy) is 1. The molecule has 1 saturated heterocycles. The molecule has 1 aliphatic rings. The maximum atomic E-state index is 12.0. The van der Waals surface area contributed by atoms with Gasteiger partial charge < -0.3 is 9.64 Å². The molecule has 6 heteroatoms. The Labute approximate surface area is 150 Å². The Morgan fingerprint density at radius 3 is 2.67 bits per heavy atom. The third kappa shape index (κ3) is 4.05. The van der Waals surface area contributed by atoms with Gasteiger partial charge >= 0.3 is 0 Å². The summed E-state index contributed by atoms with van der Waals surface area (Å²) in [6.07, 6.45) is 4.93. The molecule has 24 heavy (non-hydrogen) atoms. The van der Waals surface area contributed by atoms with Crippen LogP contribution in [0.1, 0.15) is 18.4 Å². The molecule has 1 fully saturated rings. The maximum absolute atomic E-state index is 12.0. The van der Waals surface area contributed by atoms with Crippen LogP contribution in [0, 0.1) is 0 Å². The number of aromatic nitrogens is 2. The number of rotatable bonds is 5. The first kappa shape index (κ1) is 17.2. The van der Waals surface area contributed by atoms with Gasteiger partial charge in [0.2, 0.25) is 0 Å². The number of anilines is 1. The molecule has 1 aromatic heterocycles. The summed E-state index contributed by atoms with van der Waals surface area (Å²) in [7, 11) is 1.66. The van der Waals surface area contributed by atoms with Crippen molar-refractivity contribution in [3.05, 3.63) is 56.9 Å². The van der Waals surface area contributed by atoms with Crippen LogP contribution in [-0.4, -0.2) is 35.6 Å². The Kier molecular flexibility index (Phi) is 5.68. The first-order valence-electron chi connectivity index (χ1n) is 8.27. The molecule has 0 bridgehead atoms. The van der Waals surface area contributed by atoms with Gasteiger partial charge in [0.15, 0.2) is 0 Å². The Hall–Kier alpha value is -1.66. The van der Waals surface area contributed by atoms with Gasteiger partial charge in [-0.05, 0) is 40.8 Å². The minimum Gasteiger partial charge on any atom is -0.378 e. The second-order valence-corrected chi connectivity index (χ2v) is 6.86. The number of aryl methyl sites for hydroxylation is 1. The van der Waals surface area contributed by atoms with Gasteiger partial charge in [-0.2, -0.15) is 5.10 Å². The Morgan fingerprint density at radius 1 is 1.25 bits per heavy atom. The second-order valence-electron chi connectivity index (χ2n) is 6.07. The standard InChI is InChI=1S/C18H22BrN3O2/c1-21-18(23)17(19)16(13-20-21)22-10-7-15(8-11-22)24-12-9-14-5-3-2-4-6-14/h2-6,13,15H,7-12H2,1H3. The Balaban J connectivity index is 1.49. The van der Waals surface area contributed by atoms with E-state index in [-0.39, 0.29) is 5.56 Å². The fraction of sp³-hybridized carbons (Fsp3) is 0.444. The lowest BCUT2D eigenvalue weighted by Gasteiger charge is -2.33. The molecule has 0 saturated carbocycles. The number of hydrogen-bond donors (Lipinski definition) is 0. The minimum absolute atomic E-state index is 0.103. The molecule has 2 aromatic rings. The van der Waals surface area contributed by atoms with Crippen LogP contribution in [0.5, 0.6) is 0 Å². The largest absolute Gasteiger partial charge is 0.378 e. The first-order chi connectivity index (χ1) is 11.6. The van der Waals surface area contributed by atoms with Crippen molar-refractivity contribution in [1.29, 1.82) is 0 Å². The molecule has 128 valence electrons. The summed E-state index contributed by atoms with van der Waals surface area (Å²) in [5.41, 5.74) is 2.08. The summed E-state index contributed by atoms with van der Waals surface area (Å²) in [6, 6.07) is 10.4. The van der Waals surface area contributed by atoms with Crippen molar-refractivity contribution in [1.82, 2.24) is 9.78 Å². The number of piperidine rings is 1. The highest BCUT2D eigenvalue weighted by molar-refractivity contribution is 9.10. The number of nitrogens with zero attached hydrogens (tertiary/aromatic N) is 3.